The first-order chi connectivity index (χ1) is 21.0. The van der Waals surface area contributed by atoms with Crippen molar-refractivity contribution in [3.63, 3.8) is 0 Å². The van der Waals surface area contributed by atoms with E-state index in [9.17, 15) is 9.59 Å². The summed E-state index contributed by atoms with van der Waals surface area (Å²) in [6.07, 6.45) is 15.8. The first kappa shape index (κ1) is 31.1. The molecule has 0 atom stereocenters. The van der Waals surface area contributed by atoms with Gasteiger partial charge < -0.3 is 19.5 Å². The predicted octanol–water partition coefficient (Wildman–Crippen LogP) is 7.06. The van der Waals surface area contributed by atoms with Crippen molar-refractivity contribution in [1.82, 2.24) is 19.8 Å². The van der Waals surface area contributed by atoms with Crippen LogP contribution in [0.5, 0.6) is 5.75 Å². The molecule has 0 spiro atoms. The number of carbonyl (C=O) groups excluding carboxylic acids is 2. The lowest BCUT2D eigenvalue weighted by Gasteiger charge is -2.42. The number of hydrogen-bond acceptors (Lipinski definition) is 4. The standard InChI is InChI=1S/C36H50N4O3/c1-27-21-22-28(2)33(24-27)43-26-35(41)37-23-13-5-10-20-34-38-31-18-11-12-19-32(31)39(34)25-36(42)40(29-14-6-3-7-15-29)30-16-8-4-9-17-30/h11-12,18-19,21-22,24,29-30H,3-10,13-17,20,23,25-26H2,1-2H3,(H,37,41). The number of aryl methyl sites for hydroxylation is 3. The maximum atomic E-state index is 14.1. The summed E-state index contributed by atoms with van der Waals surface area (Å²) in [5, 5.41) is 2.98. The summed E-state index contributed by atoms with van der Waals surface area (Å²) < 4.78 is 7.91. The molecule has 7 heteroatoms. The number of benzene rings is 2. The highest BCUT2D eigenvalue weighted by atomic mass is 16.5. The first-order valence-corrected chi connectivity index (χ1v) is 16.7. The summed E-state index contributed by atoms with van der Waals surface area (Å²) in [6, 6.07) is 15.0. The van der Waals surface area contributed by atoms with E-state index in [2.05, 4.69) is 26.9 Å². The monoisotopic (exact) mass is 586 g/mol. The van der Waals surface area contributed by atoms with E-state index in [1.165, 1.54) is 38.5 Å². The van der Waals surface area contributed by atoms with E-state index in [0.717, 1.165) is 85.1 Å². The van der Waals surface area contributed by atoms with Crippen LogP contribution in [0, 0.1) is 13.8 Å². The van der Waals surface area contributed by atoms with E-state index < -0.39 is 0 Å². The third kappa shape index (κ3) is 8.39. The van der Waals surface area contributed by atoms with E-state index in [1.807, 2.05) is 44.2 Å². The van der Waals surface area contributed by atoms with Crippen LogP contribution in [-0.2, 0) is 22.6 Å². The van der Waals surface area contributed by atoms with Gasteiger partial charge in [0.15, 0.2) is 6.61 Å². The molecule has 2 amide bonds. The number of unbranched alkanes of at least 4 members (excludes halogenated alkanes) is 2. The highest BCUT2D eigenvalue weighted by Crippen LogP contribution is 2.31. The van der Waals surface area contributed by atoms with Crippen LogP contribution in [0.25, 0.3) is 11.0 Å². The van der Waals surface area contributed by atoms with Crippen LogP contribution in [-0.4, -0.2) is 51.5 Å². The van der Waals surface area contributed by atoms with Crippen LogP contribution in [0.15, 0.2) is 42.5 Å². The number of fused-ring (bicyclic) bond motifs is 1. The fourth-order valence-electron chi connectivity index (χ4n) is 7.00. The zero-order chi connectivity index (χ0) is 30.0. The third-order valence-electron chi connectivity index (χ3n) is 9.35. The average molecular weight is 587 g/mol. The number of rotatable bonds is 13. The lowest BCUT2D eigenvalue weighted by atomic mass is 9.88. The summed E-state index contributed by atoms with van der Waals surface area (Å²) in [5.74, 6) is 1.93. The van der Waals surface area contributed by atoms with Gasteiger partial charge in [0, 0.05) is 25.0 Å². The van der Waals surface area contributed by atoms with Gasteiger partial charge in [-0.2, -0.15) is 0 Å². The summed E-state index contributed by atoms with van der Waals surface area (Å²) in [5.41, 5.74) is 4.16. The average Bonchev–Trinajstić information content (AvgIpc) is 3.37. The van der Waals surface area contributed by atoms with Gasteiger partial charge in [-0.15, -0.1) is 0 Å². The van der Waals surface area contributed by atoms with Gasteiger partial charge in [0.2, 0.25) is 5.91 Å². The zero-order valence-electron chi connectivity index (χ0n) is 26.3. The summed E-state index contributed by atoms with van der Waals surface area (Å²) in [7, 11) is 0. The molecule has 0 unspecified atom stereocenters. The minimum Gasteiger partial charge on any atom is -0.483 e. The SMILES string of the molecule is Cc1ccc(C)c(OCC(=O)NCCCCCc2nc3ccccc3n2CC(=O)N(C2CCCCC2)C2CCCCC2)c1. The minimum atomic E-state index is -0.0957. The molecule has 0 saturated heterocycles. The van der Waals surface area contributed by atoms with E-state index >= 15 is 0 Å². The molecule has 7 nitrogen and oxygen atoms in total. The Hall–Kier alpha value is -3.35. The van der Waals surface area contributed by atoms with Crippen molar-refractivity contribution in [2.24, 2.45) is 0 Å². The van der Waals surface area contributed by atoms with Gasteiger partial charge in [-0.1, -0.05) is 69.2 Å². The van der Waals surface area contributed by atoms with Crippen LogP contribution in [0.4, 0.5) is 0 Å². The maximum Gasteiger partial charge on any atom is 0.257 e. The number of nitrogens with one attached hydrogen (secondary N) is 1. The van der Waals surface area contributed by atoms with Crippen LogP contribution in [0.2, 0.25) is 0 Å². The minimum absolute atomic E-state index is 0.0288. The van der Waals surface area contributed by atoms with E-state index in [-0.39, 0.29) is 18.4 Å². The molecule has 2 aliphatic carbocycles. The van der Waals surface area contributed by atoms with Gasteiger partial charge in [-0.25, -0.2) is 4.98 Å². The molecular formula is C36H50N4O3. The molecule has 3 aromatic rings. The fourth-order valence-corrected chi connectivity index (χ4v) is 7.00. The number of aromatic nitrogens is 2. The second kappa shape index (κ2) is 15.4. The molecule has 2 aromatic carbocycles. The van der Waals surface area contributed by atoms with E-state index in [4.69, 9.17) is 9.72 Å². The smallest absolute Gasteiger partial charge is 0.257 e. The van der Waals surface area contributed by atoms with Gasteiger partial charge in [-0.05, 0) is 81.7 Å². The molecule has 0 bridgehead atoms. The summed E-state index contributed by atoms with van der Waals surface area (Å²) >= 11 is 0. The topological polar surface area (TPSA) is 76.5 Å². The first-order valence-electron chi connectivity index (χ1n) is 16.7. The lowest BCUT2D eigenvalue weighted by Crippen LogP contribution is -2.50. The normalized spacial score (nSPS) is 16.3. The zero-order valence-corrected chi connectivity index (χ0v) is 26.3. The molecule has 1 heterocycles. The molecular weight excluding hydrogens is 536 g/mol. The predicted molar refractivity (Wildman–Crippen MR) is 172 cm³/mol. The van der Waals surface area contributed by atoms with Crippen LogP contribution < -0.4 is 10.1 Å². The Bertz CT molecular complexity index is 1340. The van der Waals surface area contributed by atoms with Gasteiger partial charge in [0.1, 0.15) is 18.1 Å². The Morgan fingerprint density at radius 3 is 2.33 bits per heavy atom. The Kier molecular flexibility index (Phi) is 11.1. The largest absolute Gasteiger partial charge is 0.483 e. The van der Waals surface area contributed by atoms with Crippen molar-refractivity contribution in [3.8, 4) is 5.75 Å². The Morgan fingerprint density at radius 1 is 0.907 bits per heavy atom. The highest BCUT2D eigenvalue weighted by Gasteiger charge is 2.33. The van der Waals surface area contributed by atoms with Crippen molar-refractivity contribution in [2.75, 3.05) is 13.2 Å². The Labute approximate surface area is 257 Å². The van der Waals surface area contributed by atoms with E-state index in [1.54, 1.807) is 0 Å². The van der Waals surface area contributed by atoms with Crippen LogP contribution in [0.1, 0.15) is 100 Å². The van der Waals surface area contributed by atoms with Crippen LogP contribution in [0.3, 0.4) is 0 Å². The van der Waals surface area contributed by atoms with Gasteiger partial charge in [0.05, 0.1) is 11.0 Å². The van der Waals surface area contributed by atoms with E-state index in [0.29, 0.717) is 25.2 Å². The number of carbonyl (C=O) groups is 2. The maximum absolute atomic E-state index is 14.1. The number of nitrogens with zero attached hydrogens (tertiary/aromatic N) is 3. The van der Waals surface area contributed by atoms with Crippen molar-refractivity contribution >= 4 is 22.8 Å². The molecule has 0 aliphatic heterocycles. The van der Waals surface area contributed by atoms with Crippen LogP contribution >= 0.6 is 0 Å². The number of para-hydroxylation sites is 2. The molecule has 43 heavy (non-hydrogen) atoms. The Balaban J connectivity index is 1.14. The lowest BCUT2D eigenvalue weighted by molar-refractivity contribution is -0.138. The third-order valence-corrected chi connectivity index (χ3v) is 9.35. The van der Waals surface area contributed by atoms with Gasteiger partial charge >= 0.3 is 0 Å². The Morgan fingerprint density at radius 2 is 1.60 bits per heavy atom. The molecule has 1 aromatic heterocycles. The van der Waals surface area contributed by atoms with Crippen molar-refractivity contribution < 1.29 is 14.3 Å². The second-order valence-corrected chi connectivity index (χ2v) is 12.7. The van der Waals surface area contributed by atoms with Crippen molar-refractivity contribution in [2.45, 2.75) is 122 Å². The molecule has 0 radical (unpaired) electrons. The number of imidazole rings is 1. The quantitative estimate of drug-likeness (QED) is 0.218. The molecule has 5 rings (SSSR count). The molecule has 2 fully saturated rings. The van der Waals surface area contributed by atoms with Gasteiger partial charge in [-0.3, -0.25) is 9.59 Å². The van der Waals surface area contributed by atoms with Crippen molar-refractivity contribution in [3.05, 3.63) is 59.4 Å². The number of ether oxygens (including phenoxy) is 1. The highest BCUT2D eigenvalue weighted by molar-refractivity contribution is 5.81. The number of amides is 2. The molecule has 2 aliphatic rings. The molecule has 1 N–H and O–H groups in total. The molecule has 232 valence electrons. The number of hydrogen-bond donors (Lipinski definition) is 1. The van der Waals surface area contributed by atoms with Crippen molar-refractivity contribution in [1.29, 1.82) is 0 Å². The molecule has 2 saturated carbocycles. The fraction of sp³-hybridized carbons (Fsp3) is 0.583. The van der Waals surface area contributed by atoms with Gasteiger partial charge in [0.25, 0.3) is 5.91 Å². The summed E-state index contributed by atoms with van der Waals surface area (Å²) in [6.45, 7) is 5.03. The second-order valence-electron chi connectivity index (χ2n) is 12.7. The summed E-state index contributed by atoms with van der Waals surface area (Å²) in [4.78, 5) is 33.7.